The lowest BCUT2D eigenvalue weighted by Gasteiger charge is -2.20. The van der Waals surface area contributed by atoms with Crippen LogP contribution in [0.3, 0.4) is 0 Å². The third-order valence-corrected chi connectivity index (χ3v) is 3.53. The van der Waals surface area contributed by atoms with Gasteiger partial charge in [0.1, 0.15) is 22.4 Å². The first kappa shape index (κ1) is 15.2. The number of anilines is 2. The summed E-state index contributed by atoms with van der Waals surface area (Å²) in [6.45, 7) is 6.04. The number of nitrogens with zero attached hydrogens (tertiary/aromatic N) is 3. The van der Waals surface area contributed by atoms with E-state index in [1.165, 1.54) is 0 Å². The van der Waals surface area contributed by atoms with Gasteiger partial charge in [-0.15, -0.1) is 0 Å². The molecule has 1 aromatic heterocycles. The van der Waals surface area contributed by atoms with E-state index in [2.05, 4.69) is 69.4 Å². The Labute approximate surface area is 118 Å². The van der Waals surface area contributed by atoms with Crippen LogP contribution < -0.4 is 10.6 Å². The van der Waals surface area contributed by atoms with Crippen LogP contribution in [0.15, 0.2) is 10.8 Å². The summed E-state index contributed by atoms with van der Waals surface area (Å²) in [7, 11) is 4.13. The first-order valence-corrected chi connectivity index (χ1v) is 7.00. The quantitative estimate of drug-likeness (QED) is 0.809. The first-order valence-electron chi connectivity index (χ1n) is 6.21. The zero-order valence-electron chi connectivity index (χ0n) is 11.5. The van der Waals surface area contributed by atoms with Gasteiger partial charge < -0.3 is 15.5 Å². The van der Waals surface area contributed by atoms with Crippen LogP contribution in [0.25, 0.3) is 0 Å². The van der Waals surface area contributed by atoms with Gasteiger partial charge in [-0.3, -0.25) is 0 Å². The Morgan fingerprint density at radius 1 is 1.28 bits per heavy atom. The predicted octanol–water partition coefficient (Wildman–Crippen LogP) is 2.42. The highest BCUT2D eigenvalue weighted by molar-refractivity contribution is 9.10. The van der Waals surface area contributed by atoms with E-state index >= 15 is 0 Å². The molecule has 0 saturated carbocycles. The lowest BCUT2D eigenvalue weighted by Crippen LogP contribution is -2.31. The molecule has 0 aliphatic heterocycles. The molecule has 0 fully saturated rings. The minimum Gasteiger partial charge on any atom is -0.369 e. The van der Waals surface area contributed by atoms with E-state index < -0.39 is 0 Å². The fourth-order valence-corrected chi connectivity index (χ4v) is 1.77. The van der Waals surface area contributed by atoms with E-state index in [0.717, 1.165) is 35.6 Å². The number of hydrogen-bond donors (Lipinski definition) is 2. The first-order chi connectivity index (χ1) is 8.56. The summed E-state index contributed by atoms with van der Waals surface area (Å²) in [4.78, 5) is 10.6. The van der Waals surface area contributed by atoms with Crippen LogP contribution in [0, 0.1) is 0 Å². The zero-order valence-corrected chi connectivity index (χ0v) is 13.1. The minimum atomic E-state index is 0.443. The van der Waals surface area contributed by atoms with Crippen LogP contribution >= 0.6 is 15.9 Å². The summed E-state index contributed by atoms with van der Waals surface area (Å²) in [6.07, 6.45) is 2.64. The second-order valence-electron chi connectivity index (χ2n) is 4.51. The molecule has 0 spiro atoms. The van der Waals surface area contributed by atoms with Gasteiger partial charge in [-0.1, -0.05) is 6.92 Å². The smallest absolute Gasteiger partial charge is 0.146 e. The van der Waals surface area contributed by atoms with Crippen molar-refractivity contribution in [1.29, 1.82) is 0 Å². The van der Waals surface area contributed by atoms with Gasteiger partial charge in [0.15, 0.2) is 0 Å². The lowest BCUT2D eigenvalue weighted by atomic mass is 10.3. The van der Waals surface area contributed by atoms with Gasteiger partial charge in [0.05, 0.1) is 0 Å². The third-order valence-electron chi connectivity index (χ3n) is 2.78. The minimum absolute atomic E-state index is 0.443. The molecule has 102 valence electrons. The van der Waals surface area contributed by atoms with E-state index in [4.69, 9.17) is 0 Å². The Kier molecular flexibility index (Phi) is 6.35. The Hall–Kier alpha value is -0.880. The molecule has 0 amide bonds. The third kappa shape index (κ3) is 4.42. The highest BCUT2D eigenvalue weighted by Crippen LogP contribution is 2.26. The van der Waals surface area contributed by atoms with E-state index in [1.54, 1.807) is 6.33 Å². The lowest BCUT2D eigenvalue weighted by molar-refractivity contribution is 0.326. The molecule has 1 rings (SSSR count). The normalized spacial score (nSPS) is 12.6. The molecule has 0 aliphatic rings. The molecular formula is C12H22BrN5. The van der Waals surface area contributed by atoms with Gasteiger partial charge in [-0.2, -0.15) is 0 Å². The van der Waals surface area contributed by atoms with Crippen molar-refractivity contribution in [3.63, 3.8) is 0 Å². The van der Waals surface area contributed by atoms with E-state index in [0.29, 0.717) is 6.04 Å². The largest absolute Gasteiger partial charge is 0.369 e. The van der Waals surface area contributed by atoms with Gasteiger partial charge >= 0.3 is 0 Å². The number of likely N-dealkylation sites (N-methyl/N-ethyl adjacent to an activating group) is 1. The highest BCUT2D eigenvalue weighted by Gasteiger charge is 2.10. The van der Waals surface area contributed by atoms with Crippen molar-refractivity contribution < 1.29 is 0 Å². The summed E-state index contributed by atoms with van der Waals surface area (Å²) in [5, 5.41) is 6.60. The van der Waals surface area contributed by atoms with Gasteiger partial charge in [0.2, 0.25) is 0 Å². The van der Waals surface area contributed by atoms with E-state index in [-0.39, 0.29) is 0 Å². The number of hydrogen-bond acceptors (Lipinski definition) is 5. The van der Waals surface area contributed by atoms with E-state index in [9.17, 15) is 0 Å². The summed E-state index contributed by atoms with van der Waals surface area (Å²) in [5.41, 5.74) is 0. The van der Waals surface area contributed by atoms with Crippen LogP contribution in [0.2, 0.25) is 0 Å². The molecule has 2 N–H and O–H groups in total. The standard InChI is InChI=1S/C12H22BrN5/c1-5-6-14-11-10(13)12(17-8-16-11)15-7-9(2)18(3)4/h8-9H,5-7H2,1-4H3,(H2,14,15,16,17). The fourth-order valence-electron chi connectivity index (χ4n) is 1.29. The average Bonchev–Trinajstić information content (AvgIpc) is 2.35. The van der Waals surface area contributed by atoms with Crippen LogP contribution in [0.5, 0.6) is 0 Å². The Balaban J connectivity index is 2.65. The van der Waals surface area contributed by atoms with Gasteiger partial charge in [0, 0.05) is 19.1 Å². The number of halogens is 1. The van der Waals surface area contributed by atoms with Crippen LogP contribution in [0.1, 0.15) is 20.3 Å². The molecule has 0 bridgehead atoms. The second kappa shape index (κ2) is 7.53. The predicted molar refractivity (Wildman–Crippen MR) is 80.2 cm³/mol. The van der Waals surface area contributed by atoms with Crippen molar-refractivity contribution in [3.05, 3.63) is 10.8 Å². The molecule has 1 atom stereocenters. The van der Waals surface area contributed by atoms with Crippen molar-refractivity contribution in [1.82, 2.24) is 14.9 Å². The van der Waals surface area contributed by atoms with Crippen molar-refractivity contribution in [3.8, 4) is 0 Å². The van der Waals surface area contributed by atoms with Crippen molar-refractivity contribution >= 4 is 27.6 Å². The summed E-state index contributed by atoms with van der Waals surface area (Å²) in [6, 6.07) is 0.443. The number of nitrogens with one attached hydrogen (secondary N) is 2. The molecular weight excluding hydrogens is 294 g/mol. The Bertz CT molecular complexity index is 369. The molecule has 0 radical (unpaired) electrons. The second-order valence-corrected chi connectivity index (χ2v) is 5.30. The zero-order chi connectivity index (χ0) is 13.5. The van der Waals surface area contributed by atoms with E-state index in [1.807, 2.05) is 0 Å². The van der Waals surface area contributed by atoms with Crippen molar-refractivity contribution in [2.75, 3.05) is 37.8 Å². The van der Waals surface area contributed by atoms with Crippen LogP contribution in [0.4, 0.5) is 11.6 Å². The molecule has 0 aromatic carbocycles. The molecule has 1 heterocycles. The Morgan fingerprint density at radius 3 is 2.44 bits per heavy atom. The molecule has 1 aromatic rings. The summed E-state index contributed by atoms with van der Waals surface area (Å²) < 4.78 is 0.893. The maximum Gasteiger partial charge on any atom is 0.146 e. The monoisotopic (exact) mass is 315 g/mol. The molecule has 0 saturated heterocycles. The maximum atomic E-state index is 4.25. The topological polar surface area (TPSA) is 53.1 Å². The van der Waals surface area contributed by atoms with Crippen LogP contribution in [-0.4, -0.2) is 48.1 Å². The highest BCUT2D eigenvalue weighted by atomic mass is 79.9. The van der Waals surface area contributed by atoms with Gasteiger partial charge in [0.25, 0.3) is 0 Å². The molecule has 0 aliphatic carbocycles. The van der Waals surface area contributed by atoms with Gasteiger partial charge in [-0.25, -0.2) is 9.97 Å². The SMILES string of the molecule is CCCNc1ncnc(NCC(C)N(C)C)c1Br. The summed E-state index contributed by atoms with van der Waals surface area (Å²) in [5.74, 6) is 1.67. The van der Waals surface area contributed by atoms with Crippen molar-refractivity contribution in [2.24, 2.45) is 0 Å². The number of rotatable bonds is 7. The Morgan fingerprint density at radius 2 is 1.89 bits per heavy atom. The van der Waals surface area contributed by atoms with Crippen molar-refractivity contribution in [2.45, 2.75) is 26.3 Å². The van der Waals surface area contributed by atoms with Crippen LogP contribution in [-0.2, 0) is 0 Å². The summed E-state index contributed by atoms with van der Waals surface area (Å²) >= 11 is 3.54. The average molecular weight is 316 g/mol. The molecule has 18 heavy (non-hydrogen) atoms. The number of aromatic nitrogens is 2. The molecule has 1 unspecified atom stereocenters. The fraction of sp³-hybridized carbons (Fsp3) is 0.667. The molecule has 6 heteroatoms. The molecule has 5 nitrogen and oxygen atoms in total. The van der Waals surface area contributed by atoms with Gasteiger partial charge in [-0.05, 0) is 43.4 Å². The maximum absolute atomic E-state index is 4.25.